The van der Waals surface area contributed by atoms with Gasteiger partial charge in [-0.3, -0.25) is 0 Å². The third-order valence-electron chi connectivity index (χ3n) is 1.37. The van der Waals surface area contributed by atoms with Gasteiger partial charge in [-0.2, -0.15) is 4.98 Å². The minimum Gasteiger partial charge on any atom is -0.484 e. The van der Waals surface area contributed by atoms with E-state index >= 15 is 0 Å². The summed E-state index contributed by atoms with van der Waals surface area (Å²) in [6.45, 7) is 1.12. The lowest BCUT2D eigenvalue weighted by Crippen LogP contribution is -2.16. The van der Waals surface area contributed by atoms with Crippen LogP contribution in [0.3, 0.4) is 0 Å². The molecule has 0 fully saturated rings. The van der Waals surface area contributed by atoms with Crippen molar-refractivity contribution in [2.24, 2.45) is 0 Å². The molecule has 0 aliphatic carbocycles. The number of nitrogens with zero attached hydrogens (tertiary/aromatic N) is 1. The fourth-order valence-electron chi connectivity index (χ4n) is 0.908. The van der Waals surface area contributed by atoms with Gasteiger partial charge in [0.25, 0.3) is 5.88 Å². The first-order valence-electron chi connectivity index (χ1n) is 3.28. The second kappa shape index (κ2) is 2.58. The summed E-state index contributed by atoms with van der Waals surface area (Å²) < 4.78 is 10.4. The normalized spacial score (nSPS) is 14.6. The molecule has 1 aliphatic rings. The number of hydrogen-bond donors (Lipinski definition) is 0. The average Bonchev–Trinajstić information content (AvgIpc) is 2.04. The Labute approximate surface area is 68.9 Å². The quantitative estimate of drug-likeness (QED) is 0.555. The molecule has 58 valence electrons. The number of aromatic nitrogens is 1. The van der Waals surface area contributed by atoms with Gasteiger partial charge in [0.15, 0.2) is 5.75 Å². The molecule has 1 aromatic heterocycles. The van der Waals surface area contributed by atoms with E-state index in [-0.39, 0.29) is 0 Å². The van der Waals surface area contributed by atoms with Gasteiger partial charge in [-0.1, -0.05) is 11.6 Å². The van der Waals surface area contributed by atoms with Crippen molar-refractivity contribution in [2.75, 3.05) is 13.2 Å². The van der Waals surface area contributed by atoms with Crippen molar-refractivity contribution in [3.8, 4) is 11.6 Å². The molecular weight excluding hydrogens is 166 g/mol. The van der Waals surface area contributed by atoms with Crippen LogP contribution in [-0.2, 0) is 0 Å². The van der Waals surface area contributed by atoms with Crippen LogP contribution in [0.4, 0.5) is 0 Å². The van der Waals surface area contributed by atoms with Gasteiger partial charge in [0, 0.05) is 0 Å². The Morgan fingerprint density at radius 1 is 1.27 bits per heavy atom. The molecule has 0 N–H and O–H groups in total. The molecule has 0 unspecified atom stereocenters. The van der Waals surface area contributed by atoms with Crippen LogP contribution < -0.4 is 9.47 Å². The Morgan fingerprint density at radius 2 is 2.09 bits per heavy atom. The van der Waals surface area contributed by atoms with Crippen LogP contribution in [0.15, 0.2) is 12.1 Å². The van der Waals surface area contributed by atoms with E-state index in [1.165, 1.54) is 0 Å². The molecule has 4 heteroatoms. The number of fused-ring (bicyclic) bond motifs is 1. The zero-order valence-corrected chi connectivity index (χ0v) is 6.47. The number of pyridine rings is 1. The van der Waals surface area contributed by atoms with E-state index < -0.39 is 0 Å². The highest BCUT2D eigenvalue weighted by atomic mass is 35.5. The van der Waals surface area contributed by atoms with Crippen molar-refractivity contribution < 1.29 is 9.47 Å². The first kappa shape index (κ1) is 6.73. The van der Waals surface area contributed by atoms with E-state index in [2.05, 4.69) is 4.98 Å². The molecule has 1 aliphatic heterocycles. The molecule has 0 bridgehead atoms. The van der Waals surface area contributed by atoms with Gasteiger partial charge in [-0.05, 0) is 12.1 Å². The van der Waals surface area contributed by atoms with E-state index in [0.29, 0.717) is 30.0 Å². The molecule has 0 spiro atoms. The largest absolute Gasteiger partial charge is 0.484 e. The number of ether oxygens (including phenoxy) is 2. The smallest absolute Gasteiger partial charge is 0.258 e. The maximum absolute atomic E-state index is 5.63. The van der Waals surface area contributed by atoms with Gasteiger partial charge in [0.2, 0.25) is 0 Å². The Balaban J connectivity index is 2.43. The van der Waals surface area contributed by atoms with Crippen LogP contribution in [0, 0.1) is 0 Å². The Morgan fingerprint density at radius 3 is 3.00 bits per heavy atom. The predicted octanol–water partition coefficient (Wildman–Crippen LogP) is 1.51. The van der Waals surface area contributed by atoms with Gasteiger partial charge < -0.3 is 9.47 Å². The van der Waals surface area contributed by atoms with Gasteiger partial charge >= 0.3 is 0 Å². The van der Waals surface area contributed by atoms with Crippen LogP contribution in [0.25, 0.3) is 0 Å². The zero-order valence-electron chi connectivity index (χ0n) is 5.71. The molecule has 0 atom stereocenters. The van der Waals surface area contributed by atoms with Crippen molar-refractivity contribution in [3.63, 3.8) is 0 Å². The number of halogens is 1. The Bertz CT molecular complexity index is 277. The molecule has 0 radical (unpaired) electrons. The maximum Gasteiger partial charge on any atom is 0.258 e. The molecule has 3 nitrogen and oxygen atoms in total. The minimum absolute atomic E-state index is 0.425. The summed E-state index contributed by atoms with van der Waals surface area (Å²) in [6, 6.07) is 3.43. The molecule has 0 saturated heterocycles. The van der Waals surface area contributed by atoms with E-state index in [1.807, 2.05) is 0 Å². The topological polar surface area (TPSA) is 31.4 Å². The summed E-state index contributed by atoms with van der Waals surface area (Å²) in [4.78, 5) is 3.93. The van der Waals surface area contributed by atoms with E-state index in [9.17, 15) is 0 Å². The zero-order chi connectivity index (χ0) is 7.68. The molecule has 0 amide bonds. The van der Waals surface area contributed by atoms with Crippen molar-refractivity contribution in [2.45, 2.75) is 0 Å². The molecule has 0 aromatic carbocycles. The first-order chi connectivity index (χ1) is 5.36. The maximum atomic E-state index is 5.63. The Hall–Kier alpha value is -0.960. The lowest BCUT2D eigenvalue weighted by Gasteiger charge is -2.16. The molecule has 2 heterocycles. The monoisotopic (exact) mass is 171 g/mol. The van der Waals surface area contributed by atoms with Gasteiger partial charge in [0.05, 0.1) is 0 Å². The van der Waals surface area contributed by atoms with Crippen LogP contribution >= 0.6 is 11.6 Å². The second-order valence-corrected chi connectivity index (χ2v) is 2.52. The van der Waals surface area contributed by atoms with Crippen molar-refractivity contribution >= 4 is 11.6 Å². The van der Waals surface area contributed by atoms with Gasteiger partial charge in [0.1, 0.15) is 18.4 Å². The molecular formula is C7H6ClNO2. The van der Waals surface area contributed by atoms with Crippen LogP contribution in [0.5, 0.6) is 11.6 Å². The highest BCUT2D eigenvalue weighted by molar-refractivity contribution is 6.29. The minimum atomic E-state index is 0.425. The van der Waals surface area contributed by atoms with E-state index in [4.69, 9.17) is 21.1 Å². The third kappa shape index (κ3) is 1.24. The predicted molar refractivity (Wildman–Crippen MR) is 40.2 cm³/mol. The number of rotatable bonds is 0. The van der Waals surface area contributed by atoms with E-state index in [1.54, 1.807) is 12.1 Å². The van der Waals surface area contributed by atoms with Crippen molar-refractivity contribution in [3.05, 3.63) is 17.3 Å². The fourth-order valence-corrected chi connectivity index (χ4v) is 1.05. The lowest BCUT2D eigenvalue weighted by molar-refractivity contribution is 0.164. The third-order valence-corrected chi connectivity index (χ3v) is 1.58. The highest BCUT2D eigenvalue weighted by Gasteiger charge is 2.12. The summed E-state index contributed by atoms with van der Waals surface area (Å²) in [5.41, 5.74) is 0. The molecule has 11 heavy (non-hydrogen) atoms. The average molecular weight is 172 g/mol. The Kier molecular flexibility index (Phi) is 1.58. The van der Waals surface area contributed by atoms with Crippen molar-refractivity contribution in [1.82, 2.24) is 4.98 Å². The fraction of sp³-hybridized carbons (Fsp3) is 0.286. The second-order valence-electron chi connectivity index (χ2n) is 2.13. The standard InChI is InChI=1S/C7H6ClNO2/c8-6-2-1-5-7(9-6)11-4-3-10-5/h1-2H,3-4H2. The SMILES string of the molecule is Clc1ccc2c(n1)OCCO2. The lowest BCUT2D eigenvalue weighted by atomic mass is 10.4. The summed E-state index contributed by atoms with van der Waals surface area (Å²) >= 11 is 5.63. The van der Waals surface area contributed by atoms with Crippen LogP contribution in [0.2, 0.25) is 5.15 Å². The summed E-state index contributed by atoms with van der Waals surface area (Å²) in [6.07, 6.45) is 0. The molecule has 1 aromatic rings. The molecule has 0 saturated carbocycles. The van der Waals surface area contributed by atoms with E-state index in [0.717, 1.165) is 0 Å². The number of hydrogen-bond acceptors (Lipinski definition) is 3. The van der Waals surface area contributed by atoms with Gasteiger partial charge in [-0.25, -0.2) is 0 Å². The highest BCUT2D eigenvalue weighted by Crippen LogP contribution is 2.28. The summed E-state index contributed by atoms with van der Waals surface area (Å²) in [5.74, 6) is 1.16. The van der Waals surface area contributed by atoms with Crippen LogP contribution in [0.1, 0.15) is 0 Å². The first-order valence-corrected chi connectivity index (χ1v) is 3.66. The van der Waals surface area contributed by atoms with Gasteiger partial charge in [-0.15, -0.1) is 0 Å². The van der Waals surface area contributed by atoms with Crippen LogP contribution in [-0.4, -0.2) is 18.2 Å². The summed E-state index contributed by atoms with van der Waals surface area (Å²) in [5, 5.41) is 0.425. The van der Waals surface area contributed by atoms with Crippen molar-refractivity contribution in [1.29, 1.82) is 0 Å². The summed E-state index contributed by atoms with van der Waals surface area (Å²) in [7, 11) is 0. The molecule has 2 rings (SSSR count).